The molecule has 0 aliphatic heterocycles. The van der Waals surface area contributed by atoms with Gasteiger partial charge >= 0.3 is 0 Å². The van der Waals surface area contributed by atoms with E-state index in [1.807, 2.05) is 29.8 Å². The average Bonchev–Trinajstić information content (AvgIpc) is 2.93. The van der Waals surface area contributed by atoms with Gasteiger partial charge in [0.05, 0.1) is 17.7 Å². The zero-order valence-corrected chi connectivity index (χ0v) is 9.42. The van der Waals surface area contributed by atoms with Gasteiger partial charge in [0.25, 0.3) is 0 Å². The maximum atomic E-state index is 5.73. The Morgan fingerprint density at radius 2 is 2.24 bits per heavy atom. The quantitative estimate of drug-likeness (QED) is 0.724. The number of hydrogen-bond acceptors (Lipinski definition) is 4. The van der Waals surface area contributed by atoms with E-state index in [-0.39, 0.29) is 0 Å². The van der Waals surface area contributed by atoms with Crippen molar-refractivity contribution in [2.24, 2.45) is 12.8 Å². The van der Waals surface area contributed by atoms with Crippen LogP contribution in [0.4, 0.5) is 0 Å². The maximum Gasteiger partial charge on any atom is 0.181 e. The topological polar surface area (TPSA) is 69.9 Å². The third-order valence-corrected chi connectivity index (χ3v) is 2.86. The van der Waals surface area contributed by atoms with Crippen LogP contribution in [-0.4, -0.2) is 14.5 Å². The van der Waals surface area contributed by atoms with E-state index < -0.39 is 0 Å². The van der Waals surface area contributed by atoms with E-state index in [1.165, 1.54) is 6.39 Å². The predicted octanol–water partition coefficient (Wildman–Crippen LogP) is 1.69. The van der Waals surface area contributed by atoms with Gasteiger partial charge in [-0.3, -0.25) is 0 Å². The van der Waals surface area contributed by atoms with E-state index >= 15 is 0 Å². The Balaban J connectivity index is 2.19. The molecule has 2 heterocycles. The van der Waals surface area contributed by atoms with E-state index in [9.17, 15) is 0 Å². The van der Waals surface area contributed by atoms with Crippen LogP contribution in [0.5, 0.6) is 0 Å². The summed E-state index contributed by atoms with van der Waals surface area (Å²) in [6.07, 6.45) is 3.21. The molecule has 0 atom stereocenters. The number of hydrogen-bond donors (Lipinski definition) is 1. The van der Waals surface area contributed by atoms with Crippen molar-refractivity contribution in [2.45, 2.75) is 6.54 Å². The van der Waals surface area contributed by atoms with Gasteiger partial charge in [-0.15, -0.1) is 0 Å². The molecular weight excluding hydrogens is 216 g/mol. The van der Waals surface area contributed by atoms with E-state index in [0.29, 0.717) is 6.54 Å². The van der Waals surface area contributed by atoms with Crippen molar-refractivity contribution in [2.75, 3.05) is 0 Å². The minimum Gasteiger partial charge on any atom is -0.443 e. The summed E-state index contributed by atoms with van der Waals surface area (Å²) >= 11 is 0. The maximum absolute atomic E-state index is 5.73. The molecule has 0 aliphatic rings. The van der Waals surface area contributed by atoms with Crippen LogP contribution in [0, 0.1) is 0 Å². The van der Waals surface area contributed by atoms with Crippen molar-refractivity contribution in [3.63, 3.8) is 0 Å². The largest absolute Gasteiger partial charge is 0.443 e. The Morgan fingerprint density at radius 1 is 1.35 bits per heavy atom. The summed E-state index contributed by atoms with van der Waals surface area (Å²) in [6, 6.07) is 5.83. The molecular formula is C12H12N4O. The summed E-state index contributed by atoms with van der Waals surface area (Å²) < 4.78 is 7.21. The molecule has 0 fully saturated rings. The number of imidazole rings is 1. The highest BCUT2D eigenvalue weighted by Gasteiger charge is 2.10. The summed E-state index contributed by atoms with van der Waals surface area (Å²) in [7, 11) is 1.94. The van der Waals surface area contributed by atoms with Crippen LogP contribution in [0.3, 0.4) is 0 Å². The number of nitrogens with zero attached hydrogens (tertiary/aromatic N) is 3. The molecule has 2 N–H and O–H groups in total. The molecule has 0 saturated carbocycles. The first kappa shape index (κ1) is 10.0. The van der Waals surface area contributed by atoms with Crippen molar-refractivity contribution in [1.82, 2.24) is 14.5 Å². The number of aromatic nitrogens is 3. The number of oxazole rings is 1. The first-order chi connectivity index (χ1) is 8.29. The minimum absolute atomic E-state index is 0.459. The number of benzene rings is 1. The van der Waals surface area contributed by atoms with Crippen molar-refractivity contribution in [3.8, 4) is 11.3 Å². The van der Waals surface area contributed by atoms with Crippen molar-refractivity contribution >= 4 is 11.1 Å². The molecule has 0 radical (unpaired) electrons. The standard InChI is InChI=1S/C12H12N4O/c1-16-6-14-12(10(16)5-13)8-2-3-9-11(4-8)17-7-15-9/h2-4,6-7H,5,13H2,1H3. The molecule has 3 aromatic rings. The van der Waals surface area contributed by atoms with Gasteiger partial charge in [-0.05, 0) is 12.1 Å². The van der Waals surface area contributed by atoms with Gasteiger partial charge in [0.2, 0.25) is 0 Å². The lowest BCUT2D eigenvalue weighted by Gasteiger charge is -2.02. The van der Waals surface area contributed by atoms with Gasteiger partial charge in [0, 0.05) is 19.2 Å². The van der Waals surface area contributed by atoms with Gasteiger partial charge < -0.3 is 14.7 Å². The summed E-state index contributed by atoms with van der Waals surface area (Å²) in [5.74, 6) is 0. The second-order valence-electron chi connectivity index (χ2n) is 3.89. The van der Waals surface area contributed by atoms with Crippen LogP contribution < -0.4 is 5.73 Å². The lowest BCUT2D eigenvalue weighted by atomic mass is 10.1. The number of nitrogens with two attached hydrogens (primary N) is 1. The summed E-state index contributed by atoms with van der Waals surface area (Å²) in [4.78, 5) is 8.45. The van der Waals surface area contributed by atoms with Crippen LogP contribution in [0.2, 0.25) is 0 Å². The van der Waals surface area contributed by atoms with Crippen LogP contribution in [0.25, 0.3) is 22.4 Å². The summed E-state index contributed by atoms with van der Waals surface area (Å²) in [6.45, 7) is 0.459. The number of aryl methyl sites for hydroxylation is 1. The Morgan fingerprint density at radius 3 is 3.06 bits per heavy atom. The van der Waals surface area contributed by atoms with Crippen molar-refractivity contribution in [3.05, 3.63) is 36.6 Å². The lowest BCUT2D eigenvalue weighted by Crippen LogP contribution is -2.04. The van der Waals surface area contributed by atoms with Gasteiger partial charge in [0.1, 0.15) is 5.52 Å². The van der Waals surface area contributed by atoms with Crippen LogP contribution in [0.1, 0.15) is 5.69 Å². The monoisotopic (exact) mass is 228 g/mol. The molecule has 17 heavy (non-hydrogen) atoms. The zero-order valence-electron chi connectivity index (χ0n) is 9.42. The fourth-order valence-corrected chi connectivity index (χ4v) is 1.94. The smallest absolute Gasteiger partial charge is 0.181 e. The summed E-state index contributed by atoms with van der Waals surface area (Å²) in [5, 5.41) is 0. The van der Waals surface area contributed by atoms with E-state index in [2.05, 4.69) is 9.97 Å². The third-order valence-electron chi connectivity index (χ3n) is 2.86. The van der Waals surface area contributed by atoms with E-state index in [1.54, 1.807) is 6.33 Å². The van der Waals surface area contributed by atoms with Gasteiger partial charge in [0.15, 0.2) is 12.0 Å². The molecule has 0 aliphatic carbocycles. The molecule has 0 unspecified atom stereocenters. The molecule has 3 rings (SSSR count). The van der Waals surface area contributed by atoms with Crippen LogP contribution >= 0.6 is 0 Å². The molecule has 0 bridgehead atoms. The molecule has 1 aromatic carbocycles. The molecule has 5 nitrogen and oxygen atoms in total. The zero-order chi connectivity index (χ0) is 11.8. The van der Waals surface area contributed by atoms with Gasteiger partial charge in [-0.25, -0.2) is 9.97 Å². The molecule has 0 saturated heterocycles. The molecule has 0 spiro atoms. The number of fused-ring (bicyclic) bond motifs is 1. The van der Waals surface area contributed by atoms with Crippen LogP contribution in [-0.2, 0) is 13.6 Å². The SMILES string of the molecule is Cn1cnc(-c2ccc3ncoc3c2)c1CN. The molecule has 86 valence electrons. The third kappa shape index (κ3) is 1.52. The fraction of sp³-hybridized carbons (Fsp3) is 0.167. The highest BCUT2D eigenvalue weighted by atomic mass is 16.3. The van der Waals surface area contributed by atoms with Crippen LogP contribution in [0.15, 0.2) is 35.3 Å². The summed E-state index contributed by atoms with van der Waals surface area (Å²) in [5.41, 5.74) is 10.2. The van der Waals surface area contributed by atoms with Gasteiger partial charge in [-0.2, -0.15) is 0 Å². The van der Waals surface area contributed by atoms with E-state index in [4.69, 9.17) is 10.2 Å². The second kappa shape index (κ2) is 3.71. The minimum atomic E-state index is 0.459. The highest BCUT2D eigenvalue weighted by Crippen LogP contribution is 2.25. The van der Waals surface area contributed by atoms with Crippen molar-refractivity contribution < 1.29 is 4.42 Å². The normalized spacial score (nSPS) is 11.2. The number of rotatable bonds is 2. The fourth-order valence-electron chi connectivity index (χ4n) is 1.94. The van der Waals surface area contributed by atoms with E-state index in [0.717, 1.165) is 28.1 Å². The Hall–Kier alpha value is -2.14. The molecule has 5 heteroatoms. The van der Waals surface area contributed by atoms with Gasteiger partial charge in [-0.1, -0.05) is 6.07 Å². The molecule has 0 amide bonds. The first-order valence-corrected chi connectivity index (χ1v) is 5.33. The van der Waals surface area contributed by atoms with Crippen molar-refractivity contribution in [1.29, 1.82) is 0 Å². The Kier molecular flexibility index (Phi) is 2.19. The average molecular weight is 228 g/mol. The lowest BCUT2D eigenvalue weighted by molar-refractivity contribution is 0.602. The Bertz CT molecular complexity index is 668. The Labute approximate surface area is 97.9 Å². The highest BCUT2D eigenvalue weighted by molar-refractivity contribution is 5.79. The second-order valence-corrected chi connectivity index (χ2v) is 3.89. The predicted molar refractivity (Wildman–Crippen MR) is 64.1 cm³/mol. The molecule has 2 aromatic heterocycles. The first-order valence-electron chi connectivity index (χ1n) is 5.33.